The molecule has 0 radical (unpaired) electrons. The number of hydrogen-bond acceptors (Lipinski definition) is 3. The molecular weight excluding hydrogens is 228 g/mol. The first kappa shape index (κ1) is 12.8. The van der Waals surface area contributed by atoms with E-state index in [1.807, 2.05) is 0 Å². The molecule has 1 N–H and O–H groups in total. The lowest BCUT2D eigenvalue weighted by Gasteiger charge is -2.06. The molecule has 0 aliphatic carbocycles. The van der Waals surface area contributed by atoms with E-state index in [9.17, 15) is 10.1 Å². The molecule has 16 heavy (non-hydrogen) atoms. The van der Waals surface area contributed by atoms with Crippen LogP contribution in [0.4, 0.5) is 11.4 Å². The highest BCUT2D eigenvalue weighted by Crippen LogP contribution is 2.27. The van der Waals surface area contributed by atoms with Crippen molar-refractivity contribution < 1.29 is 4.92 Å². The smallest absolute Gasteiger partial charge is 0.293 e. The first-order valence-electron chi connectivity index (χ1n) is 5.33. The molecule has 0 heterocycles. The van der Waals surface area contributed by atoms with Crippen molar-refractivity contribution in [1.82, 2.24) is 0 Å². The van der Waals surface area contributed by atoms with Crippen molar-refractivity contribution in [2.45, 2.75) is 26.2 Å². The van der Waals surface area contributed by atoms with Gasteiger partial charge in [-0.2, -0.15) is 0 Å². The molecule has 1 rings (SSSR count). The van der Waals surface area contributed by atoms with Gasteiger partial charge in [0.2, 0.25) is 0 Å². The van der Waals surface area contributed by atoms with Gasteiger partial charge < -0.3 is 5.32 Å². The van der Waals surface area contributed by atoms with E-state index in [4.69, 9.17) is 11.6 Å². The van der Waals surface area contributed by atoms with Crippen molar-refractivity contribution in [3.8, 4) is 0 Å². The Morgan fingerprint density at radius 2 is 2.19 bits per heavy atom. The van der Waals surface area contributed by atoms with Gasteiger partial charge in [-0.25, -0.2) is 0 Å². The maximum absolute atomic E-state index is 10.8. The van der Waals surface area contributed by atoms with Gasteiger partial charge in [-0.3, -0.25) is 10.1 Å². The van der Waals surface area contributed by atoms with Gasteiger partial charge in [0.1, 0.15) is 5.69 Å². The third-order valence-electron chi connectivity index (χ3n) is 2.25. The molecule has 1 aromatic carbocycles. The fraction of sp³-hybridized carbons (Fsp3) is 0.455. The van der Waals surface area contributed by atoms with Gasteiger partial charge in [0.05, 0.1) is 4.92 Å². The van der Waals surface area contributed by atoms with E-state index in [0.29, 0.717) is 10.7 Å². The second kappa shape index (κ2) is 6.33. The summed E-state index contributed by atoms with van der Waals surface area (Å²) in [5.41, 5.74) is 0.564. The van der Waals surface area contributed by atoms with Gasteiger partial charge in [0, 0.05) is 17.6 Å². The Morgan fingerprint density at radius 1 is 1.44 bits per heavy atom. The van der Waals surface area contributed by atoms with Crippen molar-refractivity contribution in [3.63, 3.8) is 0 Å². The number of halogens is 1. The molecule has 0 bridgehead atoms. The summed E-state index contributed by atoms with van der Waals surface area (Å²) in [6, 6.07) is 4.66. The lowest BCUT2D eigenvalue weighted by molar-refractivity contribution is -0.383. The van der Waals surface area contributed by atoms with Crippen LogP contribution in [0.2, 0.25) is 5.02 Å². The van der Waals surface area contributed by atoms with Gasteiger partial charge in [0.15, 0.2) is 0 Å². The Bertz CT molecular complexity index is 369. The summed E-state index contributed by atoms with van der Waals surface area (Å²) in [5, 5.41) is 14.2. The fourth-order valence-corrected chi connectivity index (χ4v) is 1.57. The average Bonchev–Trinajstić information content (AvgIpc) is 2.26. The number of nitro benzene ring substituents is 1. The summed E-state index contributed by atoms with van der Waals surface area (Å²) in [6.45, 7) is 2.86. The SMILES string of the molecule is CCCCCNc1ccc(Cl)cc1[N+](=O)[O-]. The number of benzene rings is 1. The summed E-state index contributed by atoms with van der Waals surface area (Å²) >= 11 is 5.71. The van der Waals surface area contributed by atoms with Crippen molar-refractivity contribution in [2.75, 3.05) is 11.9 Å². The van der Waals surface area contributed by atoms with Gasteiger partial charge in [-0.1, -0.05) is 31.4 Å². The molecule has 0 amide bonds. The molecule has 0 atom stereocenters. The third kappa shape index (κ3) is 3.70. The second-order valence-corrected chi connectivity index (χ2v) is 3.99. The monoisotopic (exact) mass is 242 g/mol. The number of unbranched alkanes of at least 4 members (excludes halogenated alkanes) is 2. The van der Waals surface area contributed by atoms with E-state index < -0.39 is 4.92 Å². The van der Waals surface area contributed by atoms with Crippen molar-refractivity contribution >= 4 is 23.0 Å². The molecule has 0 fully saturated rings. The number of rotatable bonds is 6. The Morgan fingerprint density at radius 3 is 2.81 bits per heavy atom. The number of nitrogens with zero attached hydrogens (tertiary/aromatic N) is 1. The Labute approximate surface area is 99.8 Å². The van der Waals surface area contributed by atoms with Gasteiger partial charge in [0.25, 0.3) is 5.69 Å². The van der Waals surface area contributed by atoms with E-state index >= 15 is 0 Å². The zero-order valence-electron chi connectivity index (χ0n) is 9.20. The summed E-state index contributed by atoms with van der Waals surface area (Å²) in [7, 11) is 0. The average molecular weight is 243 g/mol. The van der Waals surface area contributed by atoms with Crippen LogP contribution in [0.1, 0.15) is 26.2 Å². The van der Waals surface area contributed by atoms with Crippen LogP contribution in [0.5, 0.6) is 0 Å². The van der Waals surface area contributed by atoms with Gasteiger partial charge in [-0.05, 0) is 18.6 Å². The van der Waals surface area contributed by atoms with Gasteiger partial charge >= 0.3 is 0 Å². The summed E-state index contributed by atoms with van der Waals surface area (Å²) in [5.74, 6) is 0. The lowest BCUT2D eigenvalue weighted by Crippen LogP contribution is -2.04. The molecular formula is C11H15ClN2O2. The number of anilines is 1. The minimum Gasteiger partial charge on any atom is -0.379 e. The third-order valence-corrected chi connectivity index (χ3v) is 2.49. The zero-order chi connectivity index (χ0) is 12.0. The molecule has 4 nitrogen and oxygen atoms in total. The molecule has 0 saturated carbocycles. The maximum Gasteiger partial charge on any atom is 0.293 e. The molecule has 0 spiro atoms. The largest absolute Gasteiger partial charge is 0.379 e. The predicted octanol–water partition coefficient (Wildman–Crippen LogP) is 3.85. The van der Waals surface area contributed by atoms with Crippen LogP contribution in [-0.2, 0) is 0 Å². The van der Waals surface area contributed by atoms with Gasteiger partial charge in [-0.15, -0.1) is 0 Å². The standard InChI is InChI=1S/C11H15ClN2O2/c1-2-3-4-7-13-10-6-5-9(12)8-11(10)14(15)16/h5-6,8,13H,2-4,7H2,1H3. The van der Waals surface area contributed by atoms with E-state index in [1.165, 1.54) is 6.07 Å². The van der Waals surface area contributed by atoms with E-state index in [-0.39, 0.29) is 5.69 Å². The highest BCUT2D eigenvalue weighted by atomic mass is 35.5. The zero-order valence-corrected chi connectivity index (χ0v) is 9.96. The fourth-order valence-electron chi connectivity index (χ4n) is 1.40. The van der Waals surface area contributed by atoms with E-state index in [1.54, 1.807) is 12.1 Å². The molecule has 0 saturated heterocycles. The van der Waals surface area contributed by atoms with Crippen molar-refractivity contribution in [1.29, 1.82) is 0 Å². The molecule has 88 valence electrons. The highest BCUT2D eigenvalue weighted by molar-refractivity contribution is 6.30. The Balaban J connectivity index is 2.67. The first-order valence-corrected chi connectivity index (χ1v) is 5.70. The highest BCUT2D eigenvalue weighted by Gasteiger charge is 2.13. The minimum atomic E-state index is -0.423. The Kier molecular flexibility index (Phi) is 5.05. The Hall–Kier alpha value is -1.29. The number of nitrogens with one attached hydrogen (secondary N) is 1. The maximum atomic E-state index is 10.8. The molecule has 0 aromatic heterocycles. The normalized spacial score (nSPS) is 10.1. The molecule has 0 aliphatic heterocycles. The van der Waals surface area contributed by atoms with Crippen LogP contribution in [-0.4, -0.2) is 11.5 Å². The number of nitro groups is 1. The second-order valence-electron chi connectivity index (χ2n) is 3.55. The minimum absolute atomic E-state index is 0.0315. The van der Waals surface area contributed by atoms with Crippen LogP contribution < -0.4 is 5.32 Å². The first-order chi connectivity index (χ1) is 7.65. The van der Waals surface area contributed by atoms with Crippen molar-refractivity contribution in [2.24, 2.45) is 0 Å². The van der Waals surface area contributed by atoms with Crippen LogP contribution in [0, 0.1) is 10.1 Å². The number of hydrogen-bond donors (Lipinski definition) is 1. The van der Waals surface area contributed by atoms with E-state index in [2.05, 4.69) is 12.2 Å². The molecule has 0 aliphatic rings. The lowest BCUT2D eigenvalue weighted by atomic mass is 10.2. The summed E-state index contributed by atoms with van der Waals surface area (Å²) in [6.07, 6.45) is 3.26. The summed E-state index contributed by atoms with van der Waals surface area (Å²) in [4.78, 5) is 10.3. The van der Waals surface area contributed by atoms with Crippen LogP contribution in [0.3, 0.4) is 0 Å². The van der Waals surface area contributed by atoms with Crippen LogP contribution >= 0.6 is 11.6 Å². The molecule has 0 unspecified atom stereocenters. The molecule has 1 aromatic rings. The molecule has 5 heteroatoms. The van der Waals surface area contributed by atoms with E-state index in [0.717, 1.165) is 25.8 Å². The van der Waals surface area contributed by atoms with Crippen LogP contribution in [0.15, 0.2) is 18.2 Å². The van der Waals surface area contributed by atoms with Crippen LogP contribution in [0.25, 0.3) is 0 Å². The quantitative estimate of drug-likeness (QED) is 0.468. The van der Waals surface area contributed by atoms with Crippen molar-refractivity contribution in [3.05, 3.63) is 33.3 Å². The summed E-state index contributed by atoms with van der Waals surface area (Å²) < 4.78 is 0. The predicted molar refractivity (Wildman–Crippen MR) is 66.1 cm³/mol. The topological polar surface area (TPSA) is 55.2 Å².